The van der Waals surface area contributed by atoms with Crippen LogP contribution in [0.25, 0.3) is 0 Å². The van der Waals surface area contributed by atoms with Crippen LogP contribution in [0.5, 0.6) is 0 Å². The molecule has 0 aromatic carbocycles. The van der Waals surface area contributed by atoms with E-state index >= 15 is 0 Å². The predicted molar refractivity (Wildman–Crippen MR) is 70.3 cm³/mol. The molecule has 1 aliphatic heterocycles. The number of hydrogen-bond acceptors (Lipinski definition) is 2. The van der Waals surface area contributed by atoms with Crippen molar-refractivity contribution in [2.45, 2.75) is 58.7 Å². The molecule has 0 aromatic heterocycles. The maximum absolute atomic E-state index is 5.64. The average molecular weight is 222 g/mol. The summed E-state index contributed by atoms with van der Waals surface area (Å²) in [5.74, 6) is 3.62. The minimum absolute atomic E-state index is 0.313. The van der Waals surface area contributed by atoms with E-state index < -0.39 is 0 Å². The normalized spacial score (nSPS) is 29.0. The maximum atomic E-state index is 5.64. The maximum Gasteiger partial charge on any atom is 0.0712 e. The van der Waals surface area contributed by atoms with Crippen molar-refractivity contribution >= 4 is 0 Å². The van der Waals surface area contributed by atoms with Gasteiger partial charge in [0.2, 0.25) is 0 Å². The summed E-state index contributed by atoms with van der Waals surface area (Å²) in [4.78, 5) is 2.53. The first kappa shape index (κ1) is 13.5. The van der Waals surface area contributed by atoms with Gasteiger partial charge in [0.1, 0.15) is 0 Å². The molecule has 0 spiro atoms. The molecule has 0 aliphatic carbocycles. The highest BCUT2D eigenvalue weighted by molar-refractivity contribution is 5.03. The Morgan fingerprint density at radius 1 is 1.44 bits per heavy atom. The minimum Gasteiger partial charge on any atom is -0.311 e. The van der Waals surface area contributed by atoms with Crippen LogP contribution in [0.15, 0.2) is 0 Å². The Morgan fingerprint density at radius 3 is 2.56 bits per heavy atom. The molecule has 1 rings (SSSR count). The summed E-state index contributed by atoms with van der Waals surface area (Å²) in [6, 6.07) is 1.51. The lowest BCUT2D eigenvalue weighted by molar-refractivity contribution is 0.0867. The minimum atomic E-state index is 0.313. The van der Waals surface area contributed by atoms with Crippen LogP contribution in [-0.4, -0.2) is 36.1 Å². The topological polar surface area (TPSA) is 15.3 Å². The zero-order chi connectivity index (χ0) is 12.1. The third-order valence-corrected chi connectivity index (χ3v) is 3.75. The van der Waals surface area contributed by atoms with Gasteiger partial charge in [-0.05, 0) is 18.8 Å². The highest BCUT2D eigenvalue weighted by Crippen LogP contribution is 2.18. The van der Waals surface area contributed by atoms with Gasteiger partial charge in [0.05, 0.1) is 6.04 Å². The van der Waals surface area contributed by atoms with Gasteiger partial charge in [-0.2, -0.15) is 0 Å². The van der Waals surface area contributed by atoms with Crippen LogP contribution in [0.1, 0.15) is 40.5 Å². The Hall–Kier alpha value is -0.520. The largest absolute Gasteiger partial charge is 0.311 e. The fourth-order valence-corrected chi connectivity index (χ4v) is 2.50. The molecule has 3 unspecified atom stereocenters. The number of nitrogens with one attached hydrogen (secondary N) is 1. The molecule has 16 heavy (non-hydrogen) atoms. The van der Waals surface area contributed by atoms with Gasteiger partial charge in [0.25, 0.3) is 0 Å². The summed E-state index contributed by atoms with van der Waals surface area (Å²) in [7, 11) is 0. The van der Waals surface area contributed by atoms with Crippen LogP contribution in [0.2, 0.25) is 0 Å². The summed E-state index contributed by atoms with van der Waals surface area (Å²) in [5.41, 5.74) is 0. The molecule has 2 heteroatoms. The van der Waals surface area contributed by atoms with Gasteiger partial charge in [-0.15, -0.1) is 6.42 Å². The van der Waals surface area contributed by atoms with E-state index in [-0.39, 0.29) is 0 Å². The highest BCUT2D eigenvalue weighted by atomic mass is 15.3. The number of rotatable bonds is 4. The van der Waals surface area contributed by atoms with Crippen LogP contribution in [-0.2, 0) is 0 Å². The van der Waals surface area contributed by atoms with Crippen molar-refractivity contribution in [3.8, 4) is 12.3 Å². The Morgan fingerprint density at radius 2 is 2.12 bits per heavy atom. The molecule has 1 heterocycles. The van der Waals surface area contributed by atoms with Gasteiger partial charge in [0, 0.05) is 25.2 Å². The van der Waals surface area contributed by atoms with Crippen LogP contribution in [0.3, 0.4) is 0 Å². The molecule has 3 atom stereocenters. The Kier molecular flexibility index (Phi) is 5.31. The molecule has 0 saturated carbocycles. The third kappa shape index (κ3) is 2.99. The Bertz CT molecular complexity index is 242. The van der Waals surface area contributed by atoms with Gasteiger partial charge in [-0.1, -0.05) is 33.6 Å². The molecule has 1 fully saturated rings. The molecular weight excluding hydrogens is 196 g/mol. The van der Waals surface area contributed by atoms with Crippen molar-refractivity contribution in [1.29, 1.82) is 0 Å². The van der Waals surface area contributed by atoms with Gasteiger partial charge < -0.3 is 5.32 Å². The van der Waals surface area contributed by atoms with Crippen LogP contribution in [0.4, 0.5) is 0 Å². The summed E-state index contributed by atoms with van der Waals surface area (Å²) < 4.78 is 0. The molecular formula is C14H26N2. The Balaban J connectivity index is 2.71. The fourth-order valence-electron chi connectivity index (χ4n) is 2.50. The molecule has 0 radical (unpaired) electrons. The molecule has 1 aliphatic rings. The zero-order valence-electron chi connectivity index (χ0n) is 11.2. The van der Waals surface area contributed by atoms with Gasteiger partial charge in [-0.25, -0.2) is 0 Å². The summed E-state index contributed by atoms with van der Waals surface area (Å²) >= 11 is 0. The van der Waals surface area contributed by atoms with Crippen molar-refractivity contribution in [3.63, 3.8) is 0 Å². The fraction of sp³-hybridized carbons (Fsp3) is 0.857. The first-order chi connectivity index (χ1) is 7.63. The smallest absolute Gasteiger partial charge is 0.0712 e. The molecule has 0 amide bonds. The average Bonchev–Trinajstić information content (AvgIpc) is 2.30. The summed E-state index contributed by atoms with van der Waals surface area (Å²) in [6.45, 7) is 11.2. The van der Waals surface area contributed by atoms with Crippen LogP contribution in [0, 0.1) is 18.3 Å². The van der Waals surface area contributed by atoms with Gasteiger partial charge >= 0.3 is 0 Å². The molecule has 92 valence electrons. The highest BCUT2D eigenvalue weighted by Gasteiger charge is 2.31. The second kappa shape index (κ2) is 6.27. The predicted octanol–water partition coefficient (Wildman–Crippen LogP) is 2.11. The summed E-state index contributed by atoms with van der Waals surface area (Å²) in [6.07, 6.45) is 7.87. The molecule has 2 nitrogen and oxygen atoms in total. The van der Waals surface area contributed by atoms with Gasteiger partial charge in [-0.3, -0.25) is 4.90 Å². The van der Waals surface area contributed by atoms with Crippen molar-refractivity contribution in [2.75, 3.05) is 13.1 Å². The lowest BCUT2D eigenvalue weighted by Gasteiger charge is -2.44. The van der Waals surface area contributed by atoms with E-state index in [1.54, 1.807) is 0 Å². The van der Waals surface area contributed by atoms with E-state index in [4.69, 9.17) is 6.42 Å². The lowest BCUT2D eigenvalue weighted by atomic mass is 9.96. The number of nitrogens with zero attached hydrogens (tertiary/aromatic N) is 1. The second-order valence-electron chi connectivity index (χ2n) is 5.11. The number of piperazine rings is 1. The lowest BCUT2D eigenvalue weighted by Crippen LogP contribution is -2.60. The quantitative estimate of drug-likeness (QED) is 0.733. The monoisotopic (exact) mass is 222 g/mol. The standard InChI is InChI=1S/C14H26N2/c1-6-12(7-2)16-10-14(11(4)5)15-9-13(16)8-3/h1,11-15H,7-10H2,2-5H3. The van der Waals surface area contributed by atoms with E-state index in [0.717, 1.165) is 19.5 Å². The van der Waals surface area contributed by atoms with E-state index in [0.29, 0.717) is 24.0 Å². The molecule has 1 N–H and O–H groups in total. The van der Waals surface area contributed by atoms with Crippen molar-refractivity contribution in [2.24, 2.45) is 5.92 Å². The van der Waals surface area contributed by atoms with Crippen LogP contribution < -0.4 is 5.32 Å². The molecule has 0 aromatic rings. The van der Waals surface area contributed by atoms with E-state index in [2.05, 4.69) is 43.8 Å². The number of hydrogen-bond donors (Lipinski definition) is 1. The van der Waals surface area contributed by atoms with E-state index in [9.17, 15) is 0 Å². The van der Waals surface area contributed by atoms with Crippen molar-refractivity contribution in [3.05, 3.63) is 0 Å². The SMILES string of the molecule is C#CC(CC)N1CC(C(C)C)NCC1CC. The van der Waals surface area contributed by atoms with E-state index in [1.807, 2.05) is 0 Å². The first-order valence-corrected chi connectivity index (χ1v) is 6.59. The zero-order valence-corrected chi connectivity index (χ0v) is 11.2. The van der Waals surface area contributed by atoms with E-state index in [1.165, 1.54) is 6.42 Å². The third-order valence-electron chi connectivity index (χ3n) is 3.75. The van der Waals surface area contributed by atoms with Crippen molar-refractivity contribution < 1.29 is 0 Å². The number of terminal acetylenes is 1. The second-order valence-corrected chi connectivity index (χ2v) is 5.11. The van der Waals surface area contributed by atoms with Gasteiger partial charge in [0.15, 0.2) is 0 Å². The molecule has 1 saturated heterocycles. The first-order valence-electron chi connectivity index (χ1n) is 6.59. The molecule has 0 bridgehead atoms. The summed E-state index contributed by atoms with van der Waals surface area (Å²) in [5, 5.41) is 3.64. The Labute approximate surface area is 101 Å². The van der Waals surface area contributed by atoms with Crippen molar-refractivity contribution in [1.82, 2.24) is 10.2 Å². The van der Waals surface area contributed by atoms with Crippen LogP contribution >= 0.6 is 0 Å².